The zero-order valence-corrected chi connectivity index (χ0v) is 14.7. The summed E-state index contributed by atoms with van der Waals surface area (Å²) in [4.78, 5) is 43.9. The van der Waals surface area contributed by atoms with Gasteiger partial charge in [-0.1, -0.05) is 6.42 Å². The Balaban J connectivity index is 2.34. The van der Waals surface area contributed by atoms with E-state index in [2.05, 4.69) is 9.62 Å². The Morgan fingerprint density at radius 3 is 2.29 bits per heavy atom. The van der Waals surface area contributed by atoms with Crippen molar-refractivity contribution in [2.24, 2.45) is 0 Å². The van der Waals surface area contributed by atoms with Crippen LogP contribution in [0.25, 0.3) is 0 Å². The van der Waals surface area contributed by atoms with Crippen molar-refractivity contribution in [3.05, 3.63) is 0 Å². The van der Waals surface area contributed by atoms with Crippen molar-refractivity contribution in [1.29, 1.82) is 0 Å². The van der Waals surface area contributed by atoms with Gasteiger partial charge in [0.2, 0.25) is 0 Å². The van der Waals surface area contributed by atoms with Crippen LogP contribution in [0.1, 0.15) is 59.3 Å². The molecule has 0 aromatic heterocycles. The van der Waals surface area contributed by atoms with E-state index in [0.717, 1.165) is 32.1 Å². The van der Waals surface area contributed by atoms with Gasteiger partial charge in [0.1, 0.15) is 17.8 Å². The van der Waals surface area contributed by atoms with E-state index < -0.39 is 29.8 Å². The van der Waals surface area contributed by atoms with Crippen LogP contribution in [0, 0.1) is 0 Å². The Labute approximate surface area is 141 Å². The Bertz CT molecular complexity index is 439. The minimum atomic E-state index is -1.20. The van der Waals surface area contributed by atoms with E-state index in [0.29, 0.717) is 0 Å². The molecule has 1 atom stereocenters. The molecule has 24 heavy (non-hydrogen) atoms. The van der Waals surface area contributed by atoms with Gasteiger partial charge in [-0.15, -0.1) is 0 Å². The first kappa shape index (κ1) is 20.2. The van der Waals surface area contributed by atoms with Crippen molar-refractivity contribution < 1.29 is 38.4 Å². The van der Waals surface area contributed by atoms with Crippen LogP contribution in [0.15, 0.2) is 0 Å². The van der Waals surface area contributed by atoms with Crippen LogP contribution in [-0.4, -0.2) is 43.0 Å². The van der Waals surface area contributed by atoms with E-state index in [4.69, 9.17) is 14.4 Å². The van der Waals surface area contributed by atoms with Gasteiger partial charge in [-0.3, -0.25) is 4.89 Å². The minimum absolute atomic E-state index is 0.229. The second kappa shape index (κ2) is 9.46. The molecule has 0 N–H and O–H groups in total. The third-order valence-electron chi connectivity index (χ3n) is 3.58. The molecule has 0 heterocycles. The first-order valence-electron chi connectivity index (χ1n) is 8.08. The van der Waals surface area contributed by atoms with Crippen molar-refractivity contribution in [1.82, 2.24) is 0 Å². The largest absolute Gasteiger partial charge is 0.508 e. The van der Waals surface area contributed by atoms with Crippen LogP contribution in [0.2, 0.25) is 0 Å². The Hall–Kier alpha value is -1.83. The molecule has 0 spiro atoms. The predicted octanol–water partition coefficient (Wildman–Crippen LogP) is 2.68. The van der Waals surface area contributed by atoms with E-state index in [9.17, 15) is 14.4 Å². The maximum Gasteiger partial charge on any atom is 0.508 e. The lowest BCUT2D eigenvalue weighted by Crippen LogP contribution is -2.34. The number of ether oxygens (including phenoxy) is 3. The molecule has 0 aromatic rings. The molecule has 138 valence electrons. The van der Waals surface area contributed by atoms with E-state index in [1.807, 2.05) is 0 Å². The summed E-state index contributed by atoms with van der Waals surface area (Å²) < 4.78 is 14.4. The van der Waals surface area contributed by atoms with Gasteiger partial charge in [-0.25, -0.2) is 14.4 Å². The van der Waals surface area contributed by atoms with Crippen molar-refractivity contribution >= 4 is 18.1 Å². The van der Waals surface area contributed by atoms with Gasteiger partial charge in [0.25, 0.3) is 0 Å². The molecule has 0 aromatic carbocycles. The van der Waals surface area contributed by atoms with Gasteiger partial charge < -0.3 is 14.2 Å². The molecule has 0 saturated heterocycles. The van der Waals surface area contributed by atoms with Crippen LogP contribution >= 0.6 is 0 Å². The van der Waals surface area contributed by atoms with E-state index in [-0.39, 0.29) is 12.5 Å². The maximum atomic E-state index is 11.7. The molecule has 1 aliphatic carbocycles. The van der Waals surface area contributed by atoms with Gasteiger partial charge >= 0.3 is 18.1 Å². The molecule has 0 bridgehead atoms. The number of carbonyl (C=O) groups excluding carboxylic acids is 3. The van der Waals surface area contributed by atoms with E-state index in [1.165, 1.54) is 7.11 Å². The molecule has 0 amide bonds. The van der Waals surface area contributed by atoms with Crippen molar-refractivity contribution in [3.8, 4) is 0 Å². The fraction of sp³-hybridized carbons (Fsp3) is 0.812. The van der Waals surface area contributed by atoms with Crippen molar-refractivity contribution in [2.75, 3.05) is 7.11 Å². The van der Waals surface area contributed by atoms with Gasteiger partial charge in [0.15, 0.2) is 0 Å². The fourth-order valence-electron chi connectivity index (χ4n) is 2.55. The standard InChI is InChI=1S/C16H26O8/c1-11(21-15(19)20-4)10-16(2,3)24-23-14(18)13(17)22-12-8-6-5-7-9-12/h11-12H,5-10H2,1-4H3. The average molecular weight is 346 g/mol. The first-order chi connectivity index (χ1) is 11.2. The van der Waals surface area contributed by atoms with Crippen molar-refractivity contribution in [2.45, 2.75) is 77.1 Å². The molecule has 1 fully saturated rings. The highest BCUT2D eigenvalue weighted by atomic mass is 17.2. The number of rotatable bonds is 6. The molecule has 1 rings (SSSR count). The summed E-state index contributed by atoms with van der Waals surface area (Å²) in [5.74, 6) is -2.26. The second-order valence-corrected chi connectivity index (χ2v) is 6.47. The SMILES string of the molecule is COC(=O)OC(C)CC(C)(C)OOC(=O)C(=O)OC1CCCCC1. The summed E-state index contributed by atoms with van der Waals surface area (Å²) in [7, 11) is 1.20. The molecule has 0 aliphatic heterocycles. The van der Waals surface area contributed by atoms with E-state index >= 15 is 0 Å². The summed E-state index contributed by atoms with van der Waals surface area (Å²) in [6, 6.07) is 0. The zero-order valence-electron chi connectivity index (χ0n) is 14.7. The molecule has 1 aliphatic rings. The monoisotopic (exact) mass is 346 g/mol. The zero-order chi connectivity index (χ0) is 18.2. The Kier molecular flexibility index (Phi) is 7.97. The van der Waals surface area contributed by atoms with Crippen LogP contribution in [0.3, 0.4) is 0 Å². The molecule has 8 heteroatoms. The van der Waals surface area contributed by atoms with Crippen LogP contribution in [0.5, 0.6) is 0 Å². The Morgan fingerprint density at radius 2 is 1.71 bits per heavy atom. The highest BCUT2D eigenvalue weighted by Gasteiger charge is 2.30. The molecule has 0 radical (unpaired) electrons. The summed E-state index contributed by atoms with van der Waals surface area (Å²) >= 11 is 0. The second-order valence-electron chi connectivity index (χ2n) is 6.47. The number of methoxy groups -OCH3 is 1. The normalized spacial score (nSPS) is 16.8. The smallest absolute Gasteiger partial charge is 0.454 e. The lowest BCUT2D eigenvalue weighted by Gasteiger charge is -2.25. The highest BCUT2D eigenvalue weighted by molar-refractivity contribution is 6.29. The topological polar surface area (TPSA) is 97.4 Å². The molecular weight excluding hydrogens is 320 g/mol. The lowest BCUT2D eigenvalue weighted by atomic mass is 9.98. The molecular formula is C16H26O8. The van der Waals surface area contributed by atoms with Gasteiger partial charge in [0, 0.05) is 6.42 Å². The number of hydrogen-bond acceptors (Lipinski definition) is 8. The summed E-state index contributed by atoms with van der Waals surface area (Å²) in [5.41, 5.74) is -0.964. The maximum absolute atomic E-state index is 11.7. The Morgan fingerprint density at radius 1 is 1.08 bits per heavy atom. The fourth-order valence-corrected chi connectivity index (χ4v) is 2.55. The number of hydrogen-bond donors (Lipinski definition) is 0. The van der Waals surface area contributed by atoms with E-state index in [1.54, 1.807) is 20.8 Å². The number of esters is 1. The summed E-state index contributed by atoms with van der Waals surface area (Å²) in [6.45, 7) is 4.90. The quantitative estimate of drug-likeness (QED) is 0.313. The third-order valence-corrected chi connectivity index (χ3v) is 3.58. The lowest BCUT2D eigenvalue weighted by molar-refractivity contribution is -0.327. The average Bonchev–Trinajstić information content (AvgIpc) is 2.52. The predicted molar refractivity (Wildman–Crippen MR) is 81.8 cm³/mol. The minimum Gasteiger partial charge on any atom is -0.454 e. The first-order valence-corrected chi connectivity index (χ1v) is 8.08. The molecule has 1 unspecified atom stereocenters. The molecule has 8 nitrogen and oxygen atoms in total. The van der Waals surface area contributed by atoms with Gasteiger partial charge in [0.05, 0.1) is 7.11 Å². The van der Waals surface area contributed by atoms with Crippen LogP contribution in [-0.2, 0) is 33.6 Å². The third kappa shape index (κ3) is 7.63. The highest BCUT2D eigenvalue weighted by Crippen LogP contribution is 2.21. The van der Waals surface area contributed by atoms with Crippen molar-refractivity contribution in [3.63, 3.8) is 0 Å². The van der Waals surface area contributed by atoms with Crippen LogP contribution < -0.4 is 0 Å². The van der Waals surface area contributed by atoms with Crippen LogP contribution in [0.4, 0.5) is 4.79 Å². The van der Waals surface area contributed by atoms with Gasteiger partial charge in [-0.2, -0.15) is 4.89 Å². The molecule has 1 saturated carbocycles. The summed E-state index contributed by atoms with van der Waals surface area (Å²) in [6.07, 6.45) is 3.24. The summed E-state index contributed by atoms with van der Waals surface area (Å²) in [5, 5.41) is 0. The number of carbonyl (C=O) groups is 3. The van der Waals surface area contributed by atoms with Gasteiger partial charge in [-0.05, 0) is 46.5 Å².